The first-order valence-electron chi connectivity index (χ1n) is 11.0. The molecule has 2 aromatic rings. The van der Waals surface area contributed by atoms with Crippen molar-refractivity contribution in [3.05, 3.63) is 94.1 Å². The molecule has 194 valence electrons. The van der Waals surface area contributed by atoms with Crippen molar-refractivity contribution in [2.75, 3.05) is 28.4 Å². The van der Waals surface area contributed by atoms with Gasteiger partial charge in [-0.1, -0.05) is 60.7 Å². The summed E-state index contributed by atoms with van der Waals surface area (Å²) in [6.45, 7) is 0. The van der Waals surface area contributed by atoms with Crippen LogP contribution in [0.4, 0.5) is 0 Å². The Bertz CT molecular complexity index is 1340. The van der Waals surface area contributed by atoms with E-state index in [0.29, 0.717) is 11.1 Å². The number of allylic oxidation sites excluding steroid dienone is 3. The van der Waals surface area contributed by atoms with Crippen LogP contribution in [0.25, 0.3) is 11.1 Å². The standard InChI is InChI=1S/C28H22O10/c1-35-25(31)19(20(26(32)36-2)22(27(33)37-3)28(34)38-4)21-23(29)17(15-11-7-5-8-12-15)18(24(21)30)16-13-9-6-10-14-16/h5-14H,1-4H3. The van der Waals surface area contributed by atoms with Crippen LogP contribution >= 0.6 is 0 Å². The highest BCUT2D eigenvalue weighted by molar-refractivity contribution is 6.62. The van der Waals surface area contributed by atoms with Gasteiger partial charge >= 0.3 is 23.9 Å². The molecule has 2 aromatic carbocycles. The van der Waals surface area contributed by atoms with E-state index in [9.17, 15) is 28.8 Å². The van der Waals surface area contributed by atoms with E-state index in [1.807, 2.05) is 0 Å². The average Bonchev–Trinajstić information content (AvgIpc) is 3.21. The summed E-state index contributed by atoms with van der Waals surface area (Å²) < 4.78 is 18.7. The third-order valence-electron chi connectivity index (χ3n) is 5.59. The lowest BCUT2D eigenvalue weighted by molar-refractivity contribution is -0.146. The molecular formula is C28H22O10. The second-order valence-electron chi connectivity index (χ2n) is 7.61. The molecule has 0 spiro atoms. The van der Waals surface area contributed by atoms with Gasteiger partial charge in [0.2, 0.25) is 0 Å². The van der Waals surface area contributed by atoms with Crippen LogP contribution in [-0.2, 0) is 47.7 Å². The topological polar surface area (TPSA) is 139 Å². The van der Waals surface area contributed by atoms with Crippen LogP contribution in [0.1, 0.15) is 11.1 Å². The van der Waals surface area contributed by atoms with Crippen LogP contribution in [0, 0.1) is 0 Å². The first-order valence-corrected chi connectivity index (χ1v) is 11.0. The highest BCUT2D eigenvalue weighted by Gasteiger charge is 2.45. The fourth-order valence-electron chi connectivity index (χ4n) is 3.92. The number of benzene rings is 2. The molecule has 0 saturated heterocycles. The fraction of sp³-hybridized carbons (Fsp3) is 0.143. The molecule has 1 aliphatic carbocycles. The Hall–Kier alpha value is -5.12. The summed E-state index contributed by atoms with van der Waals surface area (Å²) in [5.74, 6) is -7.37. The van der Waals surface area contributed by atoms with Crippen molar-refractivity contribution < 1.29 is 47.7 Å². The predicted octanol–water partition coefficient (Wildman–Crippen LogP) is 2.03. The van der Waals surface area contributed by atoms with E-state index in [2.05, 4.69) is 9.47 Å². The van der Waals surface area contributed by atoms with Gasteiger partial charge in [-0.05, 0) is 11.1 Å². The van der Waals surface area contributed by atoms with Gasteiger partial charge < -0.3 is 18.9 Å². The van der Waals surface area contributed by atoms with Crippen LogP contribution in [0.15, 0.2) is 83.0 Å². The molecule has 0 aliphatic heterocycles. The molecular weight excluding hydrogens is 496 g/mol. The van der Waals surface area contributed by atoms with E-state index < -0.39 is 57.7 Å². The van der Waals surface area contributed by atoms with E-state index in [0.717, 1.165) is 28.4 Å². The molecule has 3 rings (SSSR count). The molecule has 0 saturated carbocycles. The third kappa shape index (κ3) is 4.92. The highest BCUT2D eigenvalue weighted by Crippen LogP contribution is 2.41. The summed E-state index contributed by atoms with van der Waals surface area (Å²) in [5, 5.41) is 0. The zero-order valence-corrected chi connectivity index (χ0v) is 20.9. The van der Waals surface area contributed by atoms with Gasteiger partial charge in [-0.3, -0.25) is 9.59 Å². The van der Waals surface area contributed by atoms with Crippen molar-refractivity contribution in [3.8, 4) is 0 Å². The van der Waals surface area contributed by atoms with Gasteiger partial charge in [-0.25, -0.2) is 19.2 Å². The van der Waals surface area contributed by atoms with Gasteiger partial charge in [0, 0.05) is 11.1 Å². The summed E-state index contributed by atoms with van der Waals surface area (Å²) in [7, 11) is 3.68. The van der Waals surface area contributed by atoms with Crippen molar-refractivity contribution in [2.24, 2.45) is 0 Å². The van der Waals surface area contributed by atoms with Crippen LogP contribution in [0.2, 0.25) is 0 Å². The second-order valence-corrected chi connectivity index (χ2v) is 7.61. The molecule has 0 unspecified atom stereocenters. The quantitative estimate of drug-likeness (QED) is 0.176. The number of methoxy groups -OCH3 is 4. The Morgan fingerprint density at radius 1 is 0.500 bits per heavy atom. The SMILES string of the molecule is COC(=O)C(C(=O)OC)=C(C(=O)OC)C(C(=O)OC)=C1C(=O)C(c2ccccc2)=C(c2ccccc2)C1=O. The van der Waals surface area contributed by atoms with Crippen molar-refractivity contribution in [2.45, 2.75) is 0 Å². The number of ether oxygens (including phenoxy) is 4. The maximum atomic E-state index is 13.9. The first kappa shape index (κ1) is 27.5. The summed E-state index contributed by atoms with van der Waals surface area (Å²) >= 11 is 0. The molecule has 0 N–H and O–H groups in total. The average molecular weight is 518 g/mol. The molecule has 38 heavy (non-hydrogen) atoms. The molecule has 10 nitrogen and oxygen atoms in total. The Morgan fingerprint density at radius 3 is 1.18 bits per heavy atom. The zero-order valence-electron chi connectivity index (χ0n) is 20.9. The van der Waals surface area contributed by atoms with E-state index in [1.54, 1.807) is 60.7 Å². The molecule has 0 aromatic heterocycles. The van der Waals surface area contributed by atoms with Crippen molar-refractivity contribution in [1.82, 2.24) is 0 Å². The second kappa shape index (κ2) is 11.7. The summed E-state index contributed by atoms with van der Waals surface area (Å²) in [4.78, 5) is 79.1. The summed E-state index contributed by atoms with van der Waals surface area (Å²) in [5.41, 5.74) is -3.22. The Morgan fingerprint density at radius 2 is 0.842 bits per heavy atom. The van der Waals surface area contributed by atoms with Crippen LogP contribution in [-0.4, -0.2) is 63.9 Å². The van der Waals surface area contributed by atoms with Gasteiger partial charge in [-0.15, -0.1) is 0 Å². The third-order valence-corrected chi connectivity index (χ3v) is 5.59. The predicted molar refractivity (Wildman–Crippen MR) is 132 cm³/mol. The van der Waals surface area contributed by atoms with Crippen molar-refractivity contribution >= 4 is 46.6 Å². The lowest BCUT2D eigenvalue weighted by Crippen LogP contribution is -2.28. The van der Waals surface area contributed by atoms with E-state index in [-0.39, 0.29) is 11.1 Å². The number of ketones is 2. The Labute approximate surface area is 217 Å². The lowest BCUT2D eigenvalue weighted by atomic mass is 9.91. The Balaban J connectivity index is 2.52. The zero-order chi connectivity index (χ0) is 28.0. The largest absolute Gasteiger partial charge is 0.465 e. The molecule has 0 heterocycles. The van der Waals surface area contributed by atoms with Gasteiger partial charge in [0.1, 0.15) is 0 Å². The number of rotatable bonds is 7. The van der Waals surface area contributed by atoms with Gasteiger partial charge in [-0.2, -0.15) is 0 Å². The van der Waals surface area contributed by atoms with Crippen LogP contribution < -0.4 is 0 Å². The molecule has 0 bridgehead atoms. The fourth-order valence-corrected chi connectivity index (χ4v) is 3.92. The van der Waals surface area contributed by atoms with Gasteiger partial charge in [0.05, 0.1) is 45.2 Å². The molecule has 0 amide bonds. The number of Topliss-reactive ketones (excluding diaryl/α,β-unsaturated/α-hetero) is 2. The number of carbonyl (C=O) groups is 6. The van der Waals surface area contributed by atoms with Crippen molar-refractivity contribution in [1.29, 1.82) is 0 Å². The number of carbonyl (C=O) groups excluding carboxylic acids is 6. The molecule has 0 atom stereocenters. The highest BCUT2D eigenvalue weighted by atomic mass is 16.5. The lowest BCUT2D eigenvalue weighted by Gasteiger charge is -2.15. The monoisotopic (exact) mass is 518 g/mol. The maximum absolute atomic E-state index is 13.9. The number of hydrogen-bond acceptors (Lipinski definition) is 10. The minimum absolute atomic E-state index is 0.0555. The number of esters is 4. The van der Waals surface area contributed by atoms with Crippen LogP contribution in [0.5, 0.6) is 0 Å². The minimum Gasteiger partial charge on any atom is -0.465 e. The summed E-state index contributed by atoms with van der Waals surface area (Å²) in [6.07, 6.45) is 0. The normalized spacial score (nSPS) is 12.6. The van der Waals surface area contributed by atoms with Gasteiger partial charge in [0.15, 0.2) is 17.1 Å². The number of hydrogen-bond donors (Lipinski definition) is 0. The maximum Gasteiger partial charge on any atom is 0.346 e. The minimum atomic E-state index is -1.39. The Kier molecular flexibility index (Phi) is 8.49. The van der Waals surface area contributed by atoms with Crippen molar-refractivity contribution in [3.63, 3.8) is 0 Å². The first-order chi connectivity index (χ1) is 18.2. The molecule has 1 aliphatic rings. The molecule has 0 radical (unpaired) electrons. The molecule has 0 fully saturated rings. The van der Waals surface area contributed by atoms with E-state index >= 15 is 0 Å². The molecule has 10 heteroatoms. The van der Waals surface area contributed by atoms with Crippen LogP contribution in [0.3, 0.4) is 0 Å². The van der Waals surface area contributed by atoms with E-state index in [4.69, 9.17) is 9.47 Å². The summed E-state index contributed by atoms with van der Waals surface area (Å²) in [6, 6.07) is 16.4. The van der Waals surface area contributed by atoms with Gasteiger partial charge in [0.25, 0.3) is 0 Å². The smallest absolute Gasteiger partial charge is 0.346 e. The van der Waals surface area contributed by atoms with E-state index in [1.165, 1.54) is 0 Å².